The van der Waals surface area contributed by atoms with Crippen LogP contribution in [0.4, 0.5) is 13.2 Å². The molecule has 0 radical (unpaired) electrons. The van der Waals surface area contributed by atoms with Crippen LogP contribution in [0.15, 0.2) is 59.7 Å². The molecule has 3 aromatic rings. The van der Waals surface area contributed by atoms with Crippen LogP contribution < -0.4 is 15.4 Å². The van der Waals surface area contributed by atoms with Gasteiger partial charge < -0.3 is 15.4 Å². The summed E-state index contributed by atoms with van der Waals surface area (Å²) >= 11 is 0. The summed E-state index contributed by atoms with van der Waals surface area (Å²) in [5, 5.41) is 7.39. The molecule has 0 aliphatic heterocycles. The number of nitrogens with zero attached hydrogens (tertiary/aromatic N) is 2. The minimum Gasteiger partial charge on any atom is -0.484 e. The predicted octanol–water partition coefficient (Wildman–Crippen LogP) is 4.35. The van der Waals surface area contributed by atoms with Gasteiger partial charge in [0.05, 0.1) is 5.52 Å². The Morgan fingerprint density at radius 2 is 1.77 bits per heavy atom. The first-order valence-electron chi connectivity index (χ1n) is 9.42. The first kappa shape index (κ1) is 21.4. The zero-order valence-corrected chi connectivity index (χ0v) is 16.8. The van der Waals surface area contributed by atoms with Crippen LogP contribution >= 0.6 is 0 Å². The van der Waals surface area contributed by atoms with E-state index >= 15 is 0 Å². The molecule has 2 N–H and O–H groups in total. The van der Waals surface area contributed by atoms with Gasteiger partial charge in [-0.1, -0.05) is 30.3 Å². The van der Waals surface area contributed by atoms with Crippen molar-refractivity contribution in [2.24, 2.45) is 4.99 Å². The minimum atomic E-state index is -4.39. The third-order valence-corrected chi connectivity index (χ3v) is 4.47. The molecule has 0 unspecified atom stereocenters. The molecule has 5 nitrogen and oxygen atoms in total. The third-order valence-electron chi connectivity index (χ3n) is 4.47. The second kappa shape index (κ2) is 9.47. The van der Waals surface area contributed by atoms with Gasteiger partial charge in [0.2, 0.25) is 0 Å². The Labute approximate surface area is 173 Å². The topological polar surface area (TPSA) is 58.5 Å². The summed E-state index contributed by atoms with van der Waals surface area (Å²) in [4.78, 5) is 8.54. The highest BCUT2D eigenvalue weighted by atomic mass is 19.4. The highest BCUT2D eigenvalue weighted by Gasteiger charge is 2.28. The Kier molecular flexibility index (Phi) is 6.76. The standard InChI is InChI=1S/C22H23F3N4O/c1-15-7-8-17(20(11-15)30-14-22(23,24)25)13-29-21(26-2)28-12-16-9-10-27-19-6-4-3-5-18(16)19/h3-11H,12-14H2,1-2H3,(H2,26,28,29). The number of nitrogens with one attached hydrogen (secondary N) is 2. The Bertz CT molecular complexity index is 1030. The van der Waals surface area contributed by atoms with E-state index in [0.29, 0.717) is 18.1 Å². The van der Waals surface area contributed by atoms with Crippen LogP contribution in [0.25, 0.3) is 10.9 Å². The average Bonchev–Trinajstić information content (AvgIpc) is 2.73. The molecule has 0 fully saturated rings. The van der Waals surface area contributed by atoms with E-state index in [1.165, 1.54) is 0 Å². The van der Waals surface area contributed by atoms with Crippen LogP contribution in [0, 0.1) is 6.92 Å². The summed E-state index contributed by atoms with van der Waals surface area (Å²) in [5.74, 6) is 0.730. The van der Waals surface area contributed by atoms with Crippen molar-refractivity contribution in [2.45, 2.75) is 26.2 Å². The number of aromatic nitrogens is 1. The highest BCUT2D eigenvalue weighted by molar-refractivity contribution is 5.83. The number of guanidine groups is 1. The van der Waals surface area contributed by atoms with Gasteiger partial charge in [-0.2, -0.15) is 13.2 Å². The van der Waals surface area contributed by atoms with E-state index in [2.05, 4.69) is 20.6 Å². The van der Waals surface area contributed by atoms with Crippen molar-refractivity contribution in [1.29, 1.82) is 0 Å². The Hall–Kier alpha value is -3.29. The van der Waals surface area contributed by atoms with Gasteiger partial charge in [-0.15, -0.1) is 0 Å². The zero-order valence-electron chi connectivity index (χ0n) is 16.8. The number of aryl methyl sites for hydroxylation is 1. The summed E-state index contributed by atoms with van der Waals surface area (Å²) in [6.07, 6.45) is -2.63. The largest absolute Gasteiger partial charge is 0.484 e. The summed E-state index contributed by atoms with van der Waals surface area (Å²) < 4.78 is 42.6. The van der Waals surface area contributed by atoms with E-state index in [-0.39, 0.29) is 12.3 Å². The van der Waals surface area contributed by atoms with Gasteiger partial charge in [0.25, 0.3) is 0 Å². The molecule has 1 aromatic heterocycles. The summed E-state index contributed by atoms with van der Waals surface area (Å²) in [6.45, 7) is 1.26. The van der Waals surface area contributed by atoms with Crippen LogP contribution in [-0.2, 0) is 13.1 Å². The smallest absolute Gasteiger partial charge is 0.422 e. The zero-order chi connectivity index (χ0) is 21.6. The van der Waals surface area contributed by atoms with Crippen molar-refractivity contribution in [2.75, 3.05) is 13.7 Å². The van der Waals surface area contributed by atoms with E-state index in [1.54, 1.807) is 32.3 Å². The van der Waals surface area contributed by atoms with E-state index in [9.17, 15) is 13.2 Å². The van der Waals surface area contributed by atoms with E-state index in [1.807, 2.05) is 36.4 Å². The molecule has 3 rings (SSSR count). The van der Waals surface area contributed by atoms with Crippen LogP contribution in [0.5, 0.6) is 5.75 Å². The average molecular weight is 416 g/mol. The molecule has 0 atom stereocenters. The van der Waals surface area contributed by atoms with Gasteiger partial charge in [0.1, 0.15) is 5.75 Å². The lowest BCUT2D eigenvalue weighted by atomic mass is 10.1. The first-order chi connectivity index (χ1) is 14.4. The second-order valence-electron chi connectivity index (χ2n) is 6.78. The number of aliphatic imine (C=N–C) groups is 1. The predicted molar refractivity (Wildman–Crippen MR) is 112 cm³/mol. The molecule has 1 heterocycles. The van der Waals surface area contributed by atoms with Gasteiger partial charge in [0, 0.05) is 37.3 Å². The molecule has 0 saturated carbocycles. The fourth-order valence-electron chi connectivity index (χ4n) is 2.99. The Morgan fingerprint density at radius 3 is 2.50 bits per heavy atom. The summed E-state index contributed by atoms with van der Waals surface area (Å²) in [5.41, 5.74) is 3.41. The molecular formula is C22H23F3N4O. The number of para-hydroxylation sites is 1. The molecule has 0 aliphatic rings. The molecule has 0 bridgehead atoms. The van der Waals surface area contributed by atoms with Crippen molar-refractivity contribution < 1.29 is 17.9 Å². The van der Waals surface area contributed by atoms with Crippen molar-refractivity contribution in [3.05, 3.63) is 71.4 Å². The van der Waals surface area contributed by atoms with E-state index < -0.39 is 12.8 Å². The highest BCUT2D eigenvalue weighted by Crippen LogP contribution is 2.23. The maximum absolute atomic E-state index is 12.5. The molecule has 0 aliphatic carbocycles. The maximum atomic E-state index is 12.5. The number of hydrogen-bond donors (Lipinski definition) is 2. The number of benzene rings is 2. The molecule has 8 heteroatoms. The number of hydrogen-bond acceptors (Lipinski definition) is 3. The van der Waals surface area contributed by atoms with Crippen molar-refractivity contribution in [3.8, 4) is 5.75 Å². The summed E-state index contributed by atoms with van der Waals surface area (Å²) in [6, 6.07) is 15.0. The van der Waals surface area contributed by atoms with Crippen molar-refractivity contribution >= 4 is 16.9 Å². The van der Waals surface area contributed by atoms with Gasteiger partial charge in [-0.25, -0.2) is 0 Å². The quantitative estimate of drug-likeness (QED) is 0.463. The molecule has 0 saturated heterocycles. The lowest BCUT2D eigenvalue weighted by Gasteiger charge is -2.16. The second-order valence-corrected chi connectivity index (χ2v) is 6.78. The number of rotatable bonds is 6. The normalized spacial score (nSPS) is 12.1. The first-order valence-corrected chi connectivity index (χ1v) is 9.42. The molecule has 158 valence electrons. The van der Waals surface area contributed by atoms with Crippen molar-refractivity contribution in [3.63, 3.8) is 0 Å². The number of fused-ring (bicyclic) bond motifs is 1. The molecule has 0 spiro atoms. The maximum Gasteiger partial charge on any atom is 0.422 e. The number of ether oxygens (including phenoxy) is 1. The van der Waals surface area contributed by atoms with E-state index in [0.717, 1.165) is 22.0 Å². The molecule has 2 aromatic carbocycles. The van der Waals surface area contributed by atoms with Gasteiger partial charge in [-0.3, -0.25) is 9.98 Å². The fourth-order valence-corrected chi connectivity index (χ4v) is 2.99. The minimum absolute atomic E-state index is 0.204. The lowest BCUT2D eigenvalue weighted by Crippen LogP contribution is -2.36. The van der Waals surface area contributed by atoms with Crippen LogP contribution in [-0.4, -0.2) is 30.8 Å². The SMILES string of the molecule is CN=C(NCc1ccc(C)cc1OCC(F)(F)F)NCc1ccnc2ccccc12. The molecule has 0 amide bonds. The van der Waals surface area contributed by atoms with E-state index in [4.69, 9.17) is 4.74 Å². The van der Waals surface area contributed by atoms with Crippen LogP contribution in [0.1, 0.15) is 16.7 Å². The third kappa shape index (κ3) is 5.85. The fraction of sp³-hybridized carbons (Fsp3) is 0.273. The van der Waals surface area contributed by atoms with Gasteiger partial charge >= 0.3 is 6.18 Å². The number of pyridine rings is 1. The Balaban J connectivity index is 1.64. The molecule has 30 heavy (non-hydrogen) atoms. The van der Waals surface area contributed by atoms with Crippen LogP contribution in [0.2, 0.25) is 0 Å². The monoisotopic (exact) mass is 416 g/mol. The summed E-state index contributed by atoms with van der Waals surface area (Å²) in [7, 11) is 1.64. The van der Waals surface area contributed by atoms with Crippen LogP contribution in [0.3, 0.4) is 0 Å². The molecular weight excluding hydrogens is 393 g/mol. The van der Waals surface area contributed by atoms with Gasteiger partial charge in [0.15, 0.2) is 12.6 Å². The van der Waals surface area contributed by atoms with Gasteiger partial charge in [-0.05, 0) is 36.2 Å². The number of alkyl halides is 3. The lowest BCUT2D eigenvalue weighted by molar-refractivity contribution is -0.153. The van der Waals surface area contributed by atoms with Crippen molar-refractivity contribution in [1.82, 2.24) is 15.6 Å². The Morgan fingerprint density at radius 1 is 1.03 bits per heavy atom. The number of halogens is 3.